The van der Waals surface area contributed by atoms with Crippen molar-refractivity contribution in [2.45, 2.75) is 52.2 Å². The Morgan fingerprint density at radius 1 is 1.29 bits per heavy atom. The highest BCUT2D eigenvalue weighted by molar-refractivity contribution is 5.94. The highest BCUT2D eigenvalue weighted by Gasteiger charge is 2.42. The zero-order valence-electron chi connectivity index (χ0n) is 14.4. The zero-order chi connectivity index (χ0) is 17.3. The molecule has 2 aliphatic rings. The second kappa shape index (κ2) is 6.55. The lowest BCUT2D eigenvalue weighted by atomic mass is 9.67. The minimum Gasteiger partial charge on any atom is -0.373 e. The summed E-state index contributed by atoms with van der Waals surface area (Å²) in [5, 5.41) is 15.4. The van der Waals surface area contributed by atoms with Crippen LogP contribution >= 0.6 is 0 Å². The molecule has 1 aromatic rings. The van der Waals surface area contributed by atoms with Gasteiger partial charge in [0.2, 0.25) is 5.91 Å². The van der Waals surface area contributed by atoms with Crippen LogP contribution in [0.1, 0.15) is 54.6 Å². The number of amides is 2. The summed E-state index contributed by atoms with van der Waals surface area (Å²) in [6.07, 6.45) is 3.55. The second-order valence-electron chi connectivity index (χ2n) is 7.46. The summed E-state index contributed by atoms with van der Waals surface area (Å²) in [4.78, 5) is 24.6. The lowest BCUT2D eigenvalue weighted by Gasteiger charge is -2.40. The molecule has 0 saturated carbocycles. The van der Waals surface area contributed by atoms with Crippen LogP contribution in [0.4, 0.5) is 0 Å². The fourth-order valence-corrected chi connectivity index (χ4v) is 3.72. The van der Waals surface area contributed by atoms with Gasteiger partial charge in [-0.15, -0.1) is 0 Å². The maximum atomic E-state index is 12.3. The van der Waals surface area contributed by atoms with Crippen molar-refractivity contribution in [2.24, 2.45) is 11.3 Å². The minimum atomic E-state index is -0.845. The molecule has 0 radical (unpaired) electrons. The average molecular weight is 330 g/mol. The molecule has 2 amide bonds. The van der Waals surface area contributed by atoms with Crippen LogP contribution in [0.25, 0.3) is 0 Å². The van der Waals surface area contributed by atoms with E-state index in [-0.39, 0.29) is 23.1 Å². The topological polar surface area (TPSA) is 78.4 Å². The van der Waals surface area contributed by atoms with E-state index in [0.717, 1.165) is 44.2 Å². The molecule has 2 atom stereocenters. The summed E-state index contributed by atoms with van der Waals surface area (Å²) in [6.45, 7) is 4.49. The predicted molar refractivity (Wildman–Crippen MR) is 91.5 cm³/mol. The molecule has 1 spiro atoms. The average Bonchev–Trinajstić information content (AvgIpc) is 2.57. The number of fused-ring (bicyclic) bond motifs is 1. The van der Waals surface area contributed by atoms with Gasteiger partial charge in [-0.25, -0.2) is 0 Å². The number of benzene rings is 1. The monoisotopic (exact) mass is 330 g/mol. The third-order valence-corrected chi connectivity index (χ3v) is 5.38. The quantitative estimate of drug-likeness (QED) is 0.739. The molecule has 1 saturated heterocycles. The standard InChI is InChI=1S/C19H26N2O3/c1-12(2)16(22)21-17(23)14-4-5-15-11-19(8-6-13(15)10-14)7-3-9-20-18(19)24/h4-5,10,12,16,22H,3,6-9,11H2,1-2H3,(H,20,24)(H,21,23)/t16-,19?/m1/s1. The molecule has 130 valence electrons. The number of aliphatic hydroxyl groups is 1. The van der Waals surface area contributed by atoms with Crippen LogP contribution in [0.15, 0.2) is 18.2 Å². The van der Waals surface area contributed by atoms with Gasteiger partial charge in [-0.2, -0.15) is 0 Å². The van der Waals surface area contributed by atoms with E-state index < -0.39 is 6.23 Å². The van der Waals surface area contributed by atoms with E-state index in [2.05, 4.69) is 10.6 Å². The summed E-state index contributed by atoms with van der Waals surface area (Å²) < 4.78 is 0. The Labute approximate surface area is 142 Å². The van der Waals surface area contributed by atoms with Gasteiger partial charge in [0.15, 0.2) is 0 Å². The lowest BCUT2D eigenvalue weighted by Crippen LogP contribution is -2.48. The van der Waals surface area contributed by atoms with Crippen LogP contribution in [0.5, 0.6) is 0 Å². The summed E-state index contributed by atoms with van der Waals surface area (Å²) >= 11 is 0. The summed E-state index contributed by atoms with van der Waals surface area (Å²) in [6, 6.07) is 5.67. The van der Waals surface area contributed by atoms with Gasteiger partial charge < -0.3 is 15.7 Å². The molecule has 1 aliphatic carbocycles. The van der Waals surface area contributed by atoms with Crippen LogP contribution in [0.2, 0.25) is 0 Å². The number of aliphatic hydroxyl groups excluding tert-OH is 1. The predicted octanol–water partition coefficient (Wildman–Crippen LogP) is 1.78. The highest BCUT2D eigenvalue weighted by atomic mass is 16.3. The number of carbonyl (C=O) groups is 2. The van der Waals surface area contributed by atoms with E-state index in [0.29, 0.717) is 5.56 Å². The van der Waals surface area contributed by atoms with Gasteiger partial charge in [0.1, 0.15) is 6.23 Å². The molecule has 1 heterocycles. The van der Waals surface area contributed by atoms with E-state index in [1.54, 1.807) is 6.07 Å². The van der Waals surface area contributed by atoms with Gasteiger partial charge >= 0.3 is 0 Å². The van der Waals surface area contributed by atoms with E-state index >= 15 is 0 Å². The van der Waals surface area contributed by atoms with Crippen LogP contribution in [0.3, 0.4) is 0 Å². The molecule has 5 nitrogen and oxygen atoms in total. The molecule has 1 aromatic carbocycles. The Morgan fingerprint density at radius 2 is 2.08 bits per heavy atom. The van der Waals surface area contributed by atoms with Gasteiger partial charge in [-0.05, 0) is 61.3 Å². The van der Waals surface area contributed by atoms with Crippen molar-refractivity contribution >= 4 is 11.8 Å². The largest absolute Gasteiger partial charge is 0.373 e. The number of hydrogen-bond donors (Lipinski definition) is 3. The molecule has 1 aliphatic heterocycles. The number of piperidine rings is 1. The van der Waals surface area contributed by atoms with Crippen LogP contribution in [-0.4, -0.2) is 29.7 Å². The third-order valence-electron chi connectivity index (χ3n) is 5.38. The number of nitrogens with one attached hydrogen (secondary N) is 2. The molecule has 3 N–H and O–H groups in total. The van der Waals surface area contributed by atoms with E-state index in [1.807, 2.05) is 26.0 Å². The maximum Gasteiger partial charge on any atom is 0.253 e. The smallest absolute Gasteiger partial charge is 0.253 e. The van der Waals surface area contributed by atoms with Crippen molar-refractivity contribution in [1.82, 2.24) is 10.6 Å². The summed E-state index contributed by atoms with van der Waals surface area (Å²) in [5.74, 6) is -0.104. The first-order chi connectivity index (χ1) is 11.4. The first-order valence-electron chi connectivity index (χ1n) is 8.80. The normalized spacial score (nSPS) is 24.4. The number of carbonyl (C=O) groups excluding carboxylic acids is 2. The van der Waals surface area contributed by atoms with Crippen molar-refractivity contribution in [3.63, 3.8) is 0 Å². The van der Waals surface area contributed by atoms with Gasteiger partial charge in [0.05, 0.1) is 5.41 Å². The number of rotatable bonds is 3. The summed E-state index contributed by atoms with van der Waals surface area (Å²) in [5.41, 5.74) is 2.62. The molecule has 3 rings (SSSR count). The Kier molecular flexibility index (Phi) is 4.63. The molecule has 1 unspecified atom stereocenters. The second-order valence-corrected chi connectivity index (χ2v) is 7.46. The fourth-order valence-electron chi connectivity index (χ4n) is 3.72. The van der Waals surface area contributed by atoms with Gasteiger partial charge in [-0.3, -0.25) is 9.59 Å². The molecule has 5 heteroatoms. The maximum absolute atomic E-state index is 12.3. The molecular weight excluding hydrogens is 304 g/mol. The first kappa shape index (κ1) is 17.0. The third kappa shape index (κ3) is 3.18. The molecule has 1 fully saturated rings. The van der Waals surface area contributed by atoms with Gasteiger partial charge in [0, 0.05) is 12.1 Å². The van der Waals surface area contributed by atoms with Crippen molar-refractivity contribution in [1.29, 1.82) is 0 Å². The van der Waals surface area contributed by atoms with Crippen molar-refractivity contribution in [3.05, 3.63) is 34.9 Å². The molecule has 24 heavy (non-hydrogen) atoms. The Hall–Kier alpha value is -1.88. The Balaban J connectivity index is 1.76. The van der Waals surface area contributed by atoms with Crippen molar-refractivity contribution in [2.75, 3.05) is 6.54 Å². The Bertz CT molecular complexity index is 656. The zero-order valence-corrected chi connectivity index (χ0v) is 14.4. The van der Waals surface area contributed by atoms with E-state index in [4.69, 9.17) is 0 Å². The van der Waals surface area contributed by atoms with Gasteiger partial charge in [-0.1, -0.05) is 19.9 Å². The molecular formula is C19H26N2O3. The fraction of sp³-hybridized carbons (Fsp3) is 0.579. The molecule has 0 aromatic heterocycles. The van der Waals surface area contributed by atoms with Crippen molar-refractivity contribution in [3.8, 4) is 0 Å². The van der Waals surface area contributed by atoms with Crippen LogP contribution in [0, 0.1) is 11.3 Å². The summed E-state index contributed by atoms with van der Waals surface area (Å²) in [7, 11) is 0. The highest BCUT2D eigenvalue weighted by Crippen LogP contribution is 2.41. The number of aryl methyl sites for hydroxylation is 1. The first-order valence-corrected chi connectivity index (χ1v) is 8.80. The van der Waals surface area contributed by atoms with Crippen molar-refractivity contribution < 1.29 is 14.7 Å². The molecule has 0 bridgehead atoms. The van der Waals surface area contributed by atoms with Gasteiger partial charge in [0.25, 0.3) is 5.91 Å². The van der Waals surface area contributed by atoms with Crippen LogP contribution in [-0.2, 0) is 17.6 Å². The minimum absolute atomic E-state index is 0.0313. The lowest BCUT2D eigenvalue weighted by molar-refractivity contribution is -0.134. The van der Waals surface area contributed by atoms with E-state index in [9.17, 15) is 14.7 Å². The Morgan fingerprint density at radius 3 is 2.79 bits per heavy atom. The SMILES string of the molecule is CC(C)[C@@H](O)NC(=O)c1ccc2c(c1)CCC1(CCCNC1=O)C2. The number of hydrogen-bond acceptors (Lipinski definition) is 3. The van der Waals surface area contributed by atoms with Crippen LogP contribution < -0.4 is 10.6 Å². The van der Waals surface area contributed by atoms with E-state index in [1.165, 1.54) is 5.56 Å².